The SMILES string of the molecule is Cc1ccc([C@@H](C)NC[C@@H](O)[C@H](Cc2ccccc2)NC(=O)c2cc(C(=O)N(C)[C@@H](C)c3ccccc3)cc(N(C)S(C)(=O)=O)c2)cc1. The zero-order valence-corrected chi connectivity index (χ0v) is 29.2. The molecule has 0 aliphatic heterocycles. The summed E-state index contributed by atoms with van der Waals surface area (Å²) in [4.78, 5) is 29.3. The lowest BCUT2D eigenvalue weighted by atomic mass is 9.99. The van der Waals surface area contributed by atoms with Crippen LogP contribution in [0.4, 0.5) is 5.69 Å². The summed E-state index contributed by atoms with van der Waals surface area (Å²) < 4.78 is 26.1. The van der Waals surface area contributed by atoms with E-state index in [9.17, 15) is 23.1 Å². The van der Waals surface area contributed by atoms with Gasteiger partial charge in [-0.3, -0.25) is 13.9 Å². The first-order valence-electron chi connectivity index (χ1n) is 16.0. The molecule has 4 aromatic carbocycles. The first-order valence-corrected chi connectivity index (χ1v) is 17.8. The summed E-state index contributed by atoms with van der Waals surface area (Å²) in [5.74, 6) is -0.919. The van der Waals surface area contributed by atoms with Crippen molar-refractivity contribution in [1.82, 2.24) is 15.5 Å². The molecule has 0 saturated carbocycles. The number of aliphatic hydroxyl groups is 1. The van der Waals surface area contributed by atoms with Gasteiger partial charge in [-0.25, -0.2) is 8.42 Å². The van der Waals surface area contributed by atoms with E-state index in [0.717, 1.165) is 32.8 Å². The van der Waals surface area contributed by atoms with E-state index in [1.165, 1.54) is 25.2 Å². The second kappa shape index (κ2) is 16.1. The number of benzene rings is 4. The van der Waals surface area contributed by atoms with E-state index in [-0.39, 0.29) is 41.3 Å². The maximum Gasteiger partial charge on any atom is 0.254 e. The zero-order valence-electron chi connectivity index (χ0n) is 28.4. The quantitative estimate of drug-likeness (QED) is 0.168. The van der Waals surface area contributed by atoms with Crippen LogP contribution in [0.1, 0.15) is 68.9 Å². The van der Waals surface area contributed by atoms with E-state index in [1.807, 2.05) is 106 Å². The Morgan fingerprint density at radius 2 is 1.40 bits per heavy atom. The van der Waals surface area contributed by atoms with Crippen molar-refractivity contribution in [3.05, 3.63) is 137 Å². The molecule has 0 saturated heterocycles. The Morgan fingerprint density at radius 3 is 2.00 bits per heavy atom. The normalized spacial score (nSPS) is 14.0. The fourth-order valence-corrected chi connectivity index (χ4v) is 5.88. The predicted octanol–water partition coefficient (Wildman–Crippen LogP) is 5.28. The van der Waals surface area contributed by atoms with Gasteiger partial charge in [-0.05, 0) is 62.1 Å². The van der Waals surface area contributed by atoms with Crippen molar-refractivity contribution in [2.24, 2.45) is 0 Å². The number of amides is 2. The Morgan fingerprint density at radius 1 is 0.812 bits per heavy atom. The molecule has 4 aromatic rings. The van der Waals surface area contributed by atoms with Crippen LogP contribution in [0.5, 0.6) is 0 Å². The molecule has 0 fully saturated rings. The van der Waals surface area contributed by atoms with Gasteiger partial charge in [0.15, 0.2) is 0 Å². The number of rotatable bonds is 14. The van der Waals surface area contributed by atoms with Gasteiger partial charge in [0.1, 0.15) is 0 Å². The van der Waals surface area contributed by atoms with Crippen LogP contribution in [-0.4, -0.2) is 69.3 Å². The van der Waals surface area contributed by atoms with E-state index < -0.39 is 28.1 Å². The van der Waals surface area contributed by atoms with Gasteiger partial charge in [0, 0.05) is 37.8 Å². The van der Waals surface area contributed by atoms with Crippen molar-refractivity contribution in [2.75, 3.05) is 31.2 Å². The fraction of sp³-hybridized carbons (Fsp3) is 0.316. The summed E-state index contributed by atoms with van der Waals surface area (Å²) in [5, 5.41) is 17.8. The third-order valence-electron chi connectivity index (χ3n) is 8.76. The highest BCUT2D eigenvalue weighted by atomic mass is 32.2. The first kappa shape index (κ1) is 36.3. The van der Waals surface area contributed by atoms with Gasteiger partial charge in [-0.1, -0.05) is 90.5 Å². The van der Waals surface area contributed by atoms with Gasteiger partial charge in [0.05, 0.1) is 30.1 Å². The van der Waals surface area contributed by atoms with E-state index in [1.54, 1.807) is 11.9 Å². The van der Waals surface area contributed by atoms with Crippen molar-refractivity contribution in [3.8, 4) is 0 Å². The Bertz CT molecular complexity index is 1780. The zero-order chi connectivity index (χ0) is 35.0. The third kappa shape index (κ3) is 9.53. The molecule has 4 rings (SSSR count). The lowest BCUT2D eigenvalue weighted by Crippen LogP contribution is -2.49. The summed E-state index contributed by atoms with van der Waals surface area (Å²) >= 11 is 0. The van der Waals surface area contributed by atoms with E-state index in [2.05, 4.69) is 10.6 Å². The maximum atomic E-state index is 13.9. The number of nitrogens with zero attached hydrogens (tertiary/aromatic N) is 2. The van der Waals surface area contributed by atoms with Gasteiger partial charge in [0.25, 0.3) is 11.8 Å². The molecule has 2 amide bonds. The van der Waals surface area contributed by atoms with Gasteiger partial charge in [-0.2, -0.15) is 0 Å². The minimum Gasteiger partial charge on any atom is -0.390 e. The van der Waals surface area contributed by atoms with E-state index >= 15 is 0 Å². The van der Waals surface area contributed by atoms with Crippen LogP contribution in [0, 0.1) is 6.92 Å². The van der Waals surface area contributed by atoms with Gasteiger partial charge in [0.2, 0.25) is 10.0 Å². The number of carbonyl (C=O) groups excluding carboxylic acids is 2. The Kier molecular flexibility index (Phi) is 12.2. The number of hydrogen-bond donors (Lipinski definition) is 3. The minimum atomic E-state index is -3.71. The van der Waals surface area contributed by atoms with Crippen LogP contribution in [0.15, 0.2) is 103 Å². The topological polar surface area (TPSA) is 119 Å². The second-order valence-electron chi connectivity index (χ2n) is 12.4. The minimum absolute atomic E-state index is 0.0413. The third-order valence-corrected chi connectivity index (χ3v) is 9.97. The Labute approximate surface area is 284 Å². The average Bonchev–Trinajstić information content (AvgIpc) is 3.09. The summed E-state index contributed by atoms with van der Waals surface area (Å²) in [6.07, 6.45) is 0.435. The van der Waals surface area contributed by atoms with E-state index in [4.69, 9.17) is 0 Å². The summed E-state index contributed by atoms with van der Waals surface area (Å²) in [7, 11) is -0.665. The Balaban J connectivity index is 1.62. The molecule has 9 nitrogen and oxygen atoms in total. The van der Waals surface area contributed by atoms with Crippen molar-refractivity contribution in [3.63, 3.8) is 0 Å². The van der Waals surface area contributed by atoms with Crippen LogP contribution < -0.4 is 14.9 Å². The smallest absolute Gasteiger partial charge is 0.254 e. The van der Waals surface area contributed by atoms with Crippen LogP contribution in [0.25, 0.3) is 0 Å². The molecular formula is C38H46N4O5S. The number of carbonyl (C=O) groups is 2. The highest BCUT2D eigenvalue weighted by Gasteiger charge is 2.26. The van der Waals surface area contributed by atoms with Crippen molar-refractivity contribution in [2.45, 2.75) is 51.4 Å². The standard InChI is InChI=1S/C38H46N4O5S/c1-26-17-19-30(20-18-26)27(2)39-25-36(43)35(21-29-13-9-7-10-14-29)40-37(44)32-22-33(24-34(23-32)42(5)48(6,46)47)38(45)41(4)28(3)31-15-11-8-12-16-31/h7-20,22-24,27-28,35-36,39,43H,21,25H2,1-6H3,(H,40,44)/t27-,28+,35+,36-/m1/s1. The fourth-order valence-electron chi connectivity index (χ4n) is 5.39. The van der Waals surface area contributed by atoms with Gasteiger partial charge < -0.3 is 20.6 Å². The molecule has 0 heterocycles. The van der Waals surface area contributed by atoms with Crippen LogP contribution in [0.3, 0.4) is 0 Å². The molecule has 48 heavy (non-hydrogen) atoms. The molecule has 0 aromatic heterocycles. The number of aryl methyl sites for hydroxylation is 1. The molecule has 254 valence electrons. The largest absolute Gasteiger partial charge is 0.390 e. The number of aliphatic hydroxyl groups excluding tert-OH is 1. The molecule has 3 N–H and O–H groups in total. The molecular weight excluding hydrogens is 625 g/mol. The van der Waals surface area contributed by atoms with E-state index in [0.29, 0.717) is 6.42 Å². The van der Waals surface area contributed by atoms with Crippen molar-refractivity contribution >= 4 is 27.5 Å². The predicted molar refractivity (Wildman–Crippen MR) is 192 cm³/mol. The van der Waals surface area contributed by atoms with Gasteiger partial charge >= 0.3 is 0 Å². The first-order chi connectivity index (χ1) is 22.7. The summed E-state index contributed by atoms with van der Waals surface area (Å²) in [6, 6.07) is 30.6. The number of nitrogens with one attached hydrogen (secondary N) is 2. The lowest BCUT2D eigenvalue weighted by molar-refractivity contribution is 0.0742. The molecule has 0 aliphatic carbocycles. The summed E-state index contributed by atoms with van der Waals surface area (Å²) in [6.45, 7) is 6.14. The molecule has 0 spiro atoms. The summed E-state index contributed by atoms with van der Waals surface area (Å²) in [5.41, 5.74) is 4.51. The number of anilines is 1. The van der Waals surface area contributed by atoms with Crippen molar-refractivity contribution < 1.29 is 23.1 Å². The molecule has 10 heteroatoms. The molecule has 0 unspecified atom stereocenters. The highest BCUT2D eigenvalue weighted by molar-refractivity contribution is 7.92. The van der Waals surface area contributed by atoms with Crippen LogP contribution in [0.2, 0.25) is 0 Å². The number of sulfonamides is 1. The maximum absolute atomic E-state index is 13.9. The second-order valence-corrected chi connectivity index (χ2v) is 14.4. The monoisotopic (exact) mass is 670 g/mol. The van der Waals surface area contributed by atoms with Gasteiger partial charge in [-0.15, -0.1) is 0 Å². The van der Waals surface area contributed by atoms with Crippen molar-refractivity contribution in [1.29, 1.82) is 0 Å². The van der Waals surface area contributed by atoms with Crippen LogP contribution in [-0.2, 0) is 16.4 Å². The molecule has 0 radical (unpaired) electrons. The Hall–Kier alpha value is -4.51. The highest BCUT2D eigenvalue weighted by Crippen LogP contribution is 2.25. The molecule has 4 atom stereocenters. The number of hydrogen-bond acceptors (Lipinski definition) is 6. The molecule has 0 bridgehead atoms. The lowest BCUT2D eigenvalue weighted by Gasteiger charge is -2.28. The average molecular weight is 671 g/mol. The van der Waals surface area contributed by atoms with Crippen LogP contribution >= 0.6 is 0 Å². The molecule has 0 aliphatic rings.